The van der Waals surface area contributed by atoms with Crippen molar-refractivity contribution in [2.24, 2.45) is 0 Å². The Balaban J connectivity index is 1.63. The summed E-state index contributed by atoms with van der Waals surface area (Å²) < 4.78 is 0. The van der Waals surface area contributed by atoms with E-state index >= 15 is 0 Å². The zero-order chi connectivity index (χ0) is 14.8. The maximum atomic E-state index is 3.95. The van der Waals surface area contributed by atoms with Crippen LogP contribution in [0.5, 0.6) is 0 Å². The van der Waals surface area contributed by atoms with Crippen LogP contribution in [-0.2, 0) is 0 Å². The van der Waals surface area contributed by atoms with E-state index in [0.717, 1.165) is 5.66 Å². The SMILES string of the molecule is c1ccc([C@@H]2NP(C3CCCC3)N[C@H]2c2ccccc2)cc1. The predicted molar refractivity (Wildman–Crippen MR) is 93.8 cm³/mol. The lowest BCUT2D eigenvalue weighted by atomic mass is 9.95. The standard InChI is InChI=1S/C19H23N2P/c1-3-9-15(10-4-1)18-19(16-11-5-2-6-12-16)21-22(20-18)17-13-7-8-14-17/h1-6,9-12,17-21H,7-8,13-14H2/t18-,19-/m0/s1. The maximum absolute atomic E-state index is 3.95. The van der Waals surface area contributed by atoms with Gasteiger partial charge < -0.3 is 0 Å². The quantitative estimate of drug-likeness (QED) is 0.787. The summed E-state index contributed by atoms with van der Waals surface area (Å²) >= 11 is 0. The third-order valence-corrected chi connectivity index (χ3v) is 7.26. The fraction of sp³-hybridized carbons (Fsp3) is 0.368. The summed E-state index contributed by atoms with van der Waals surface area (Å²) in [6.45, 7) is 0. The Bertz CT molecular complexity index is 548. The van der Waals surface area contributed by atoms with Gasteiger partial charge in [-0.1, -0.05) is 73.5 Å². The molecule has 0 aromatic heterocycles. The van der Waals surface area contributed by atoms with Crippen LogP contribution in [0.2, 0.25) is 0 Å². The van der Waals surface area contributed by atoms with Crippen molar-refractivity contribution in [2.75, 3.05) is 0 Å². The normalized spacial score (nSPS) is 26.5. The fourth-order valence-electron chi connectivity index (χ4n) is 3.71. The van der Waals surface area contributed by atoms with Crippen LogP contribution < -0.4 is 10.2 Å². The molecule has 1 aliphatic carbocycles. The first-order valence-electron chi connectivity index (χ1n) is 8.33. The molecule has 3 heteroatoms. The Morgan fingerprint density at radius 2 is 1.14 bits per heavy atom. The second-order valence-corrected chi connectivity index (χ2v) is 8.33. The molecule has 4 rings (SSSR count). The van der Waals surface area contributed by atoms with Gasteiger partial charge >= 0.3 is 0 Å². The summed E-state index contributed by atoms with van der Waals surface area (Å²) in [7, 11) is -0.272. The van der Waals surface area contributed by atoms with E-state index in [1.807, 2.05) is 0 Å². The van der Waals surface area contributed by atoms with Crippen molar-refractivity contribution in [3.63, 3.8) is 0 Å². The molecule has 0 unspecified atom stereocenters. The molecule has 2 aliphatic rings. The Hall–Kier alpha value is -1.21. The van der Waals surface area contributed by atoms with E-state index in [2.05, 4.69) is 70.8 Å². The molecule has 2 aromatic carbocycles. The summed E-state index contributed by atoms with van der Waals surface area (Å²) in [6, 6.07) is 22.6. The lowest BCUT2D eigenvalue weighted by Crippen LogP contribution is -2.17. The van der Waals surface area contributed by atoms with Crippen molar-refractivity contribution in [1.82, 2.24) is 10.2 Å². The first-order chi connectivity index (χ1) is 10.9. The van der Waals surface area contributed by atoms with E-state index in [1.54, 1.807) is 0 Å². The molecular weight excluding hydrogens is 287 g/mol. The summed E-state index contributed by atoms with van der Waals surface area (Å²) in [6.07, 6.45) is 5.57. The van der Waals surface area contributed by atoms with Gasteiger partial charge in [0.05, 0.1) is 12.1 Å². The first-order valence-corrected chi connectivity index (χ1v) is 9.74. The van der Waals surface area contributed by atoms with Crippen LogP contribution in [0.3, 0.4) is 0 Å². The van der Waals surface area contributed by atoms with Crippen LogP contribution >= 0.6 is 8.22 Å². The van der Waals surface area contributed by atoms with Gasteiger partial charge in [-0.2, -0.15) is 0 Å². The van der Waals surface area contributed by atoms with Crippen molar-refractivity contribution in [3.05, 3.63) is 71.8 Å². The lowest BCUT2D eigenvalue weighted by molar-refractivity contribution is 0.554. The largest absolute Gasteiger partial charge is 0.274 e. The molecule has 0 radical (unpaired) electrons. The molecule has 2 N–H and O–H groups in total. The van der Waals surface area contributed by atoms with Crippen LogP contribution in [0.15, 0.2) is 60.7 Å². The van der Waals surface area contributed by atoms with Crippen molar-refractivity contribution in [2.45, 2.75) is 43.4 Å². The van der Waals surface area contributed by atoms with E-state index in [-0.39, 0.29) is 8.22 Å². The Morgan fingerprint density at radius 1 is 0.682 bits per heavy atom. The summed E-state index contributed by atoms with van der Waals surface area (Å²) in [5.41, 5.74) is 3.63. The van der Waals surface area contributed by atoms with E-state index in [0.29, 0.717) is 12.1 Å². The van der Waals surface area contributed by atoms with E-state index in [4.69, 9.17) is 0 Å². The van der Waals surface area contributed by atoms with Gasteiger partial charge in [-0.3, -0.25) is 10.2 Å². The van der Waals surface area contributed by atoms with Crippen molar-refractivity contribution >= 4 is 8.22 Å². The molecule has 2 atom stereocenters. The summed E-state index contributed by atoms with van der Waals surface area (Å²) in [5, 5.41) is 7.90. The average Bonchev–Trinajstić information content (AvgIpc) is 3.26. The molecule has 22 heavy (non-hydrogen) atoms. The third kappa shape index (κ3) is 2.84. The van der Waals surface area contributed by atoms with Crippen LogP contribution in [0.4, 0.5) is 0 Å². The second kappa shape index (κ2) is 6.50. The van der Waals surface area contributed by atoms with Gasteiger partial charge in [0.1, 0.15) is 0 Å². The average molecular weight is 310 g/mol. The highest BCUT2D eigenvalue weighted by Crippen LogP contribution is 2.53. The predicted octanol–water partition coefficient (Wildman–Crippen LogP) is 4.92. The molecule has 2 nitrogen and oxygen atoms in total. The fourth-order valence-corrected chi connectivity index (χ4v) is 6.29. The maximum Gasteiger partial charge on any atom is 0.0565 e. The summed E-state index contributed by atoms with van der Waals surface area (Å²) in [5.74, 6) is 0. The molecule has 2 aromatic rings. The van der Waals surface area contributed by atoms with Crippen LogP contribution in [0, 0.1) is 0 Å². The van der Waals surface area contributed by atoms with Crippen molar-refractivity contribution in [1.29, 1.82) is 0 Å². The highest BCUT2D eigenvalue weighted by Gasteiger charge is 2.39. The number of hydrogen-bond donors (Lipinski definition) is 2. The molecule has 1 saturated carbocycles. The minimum Gasteiger partial charge on any atom is -0.274 e. The molecule has 0 amide bonds. The van der Waals surface area contributed by atoms with Gasteiger partial charge in [0, 0.05) is 13.9 Å². The molecule has 114 valence electrons. The van der Waals surface area contributed by atoms with Crippen molar-refractivity contribution in [3.8, 4) is 0 Å². The highest BCUT2D eigenvalue weighted by molar-refractivity contribution is 7.54. The van der Waals surface area contributed by atoms with Crippen LogP contribution in [-0.4, -0.2) is 5.66 Å². The van der Waals surface area contributed by atoms with E-state index < -0.39 is 0 Å². The number of hydrogen-bond acceptors (Lipinski definition) is 2. The number of nitrogens with one attached hydrogen (secondary N) is 2. The second-order valence-electron chi connectivity index (χ2n) is 6.34. The third-order valence-electron chi connectivity index (χ3n) is 4.90. The summed E-state index contributed by atoms with van der Waals surface area (Å²) in [4.78, 5) is 0. The molecule has 1 saturated heterocycles. The molecular formula is C19H23N2P. The minimum absolute atomic E-state index is 0.272. The monoisotopic (exact) mass is 310 g/mol. The molecule has 1 heterocycles. The Labute approximate surface area is 134 Å². The van der Waals surface area contributed by atoms with Crippen LogP contribution in [0.1, 0.15) is 48.9 Å². The lowest BCUT2D eigenvalue weighted by Gasteiger charge is -2.19. The van der Waals surface area contributed by atoms with Gasteiger partial charge in [-0.15, -0.1) is 0 Å². The Kier molecular flexibility index (Phi) is 4.25. The number of benzene rings is 2. The van der Waals surface area contributed by atoms with Crippen molar-refractivity contribution < 1.29 is 0 Å². The minimum atomic E-state index is -0.272. The van der Waals surface area contributed by atoms with Gasteiger partial charge in [0.2, 0.25) is 0 Å². The number of rotatable bonds is 3. The topological polar surface area (TPSA) is 24.1 Å². The zero-order valence-corrected chi connectivity index (χ0v) is 13.7. The van der Waals surface area contributed by atoms with Crippen LogP contribution in [0.25, 0.3) is 0 Å². The molecule has 0 spiro atoms. The molecule has 0 bridgehead atoms. The van der Waals surface area contributed by atoms with Gasteiger partial charge in [-0.05, 0) is 24.0 Å². The van der Waals surface area contributed by atoms with E-state index in [1.165, 1.54) is 36.8 Å². The van der Waals surface area contributed by atoms with Gasteiger partial charge in [0.15, 0.2) is 0 Å². The highest BCUT2D eigenvalue weighted by atomic mass is 31.1. The Morgan fingerprint density at radius 3 is 1.59 bits per heavy atom. The van der Waals surface area contributed by atoms with Gasteiger partial charge in [-0.25, -0.2) is 0 Å². The zero-order valence-electron chi connectivity index (χ0n) is 12.8. The smallest absolute Gasteiger partial charge is 0.0565 e. The van der Waals surface area contributed by atoms with Gasteiger partial charge in [0.25, 0.3) is 0 Å². The first kappa shape index (κ1) is 14.4. The molecule has 2 fully saturated rings. The molecule has 1 aliphatic heterocycles. The van der Waals surface area contributed by atoms with E-state index in [9.17, 15) is 0 Å².